The van der Waals surface area contributed by atoms with E-state index in [-0.39, 0.29) is 11.9 Å². The van der Waals surface area contributed by atoms with Crippen LogP contribution in [0.4, 0.5) is 0 Å². The summed E-state index contributed by atoms with van der Waals surface area (Å²) in [6, 6.07) is 9.00. The number of fused-ring (bicyclic) bond motifs is 1. The Kier molecular flexibility index (Phi) is 3.79. The van der Waals surface area contributed by atoms with Crippen molar-refractivity contribution in [3.63, 3.8) is 0 Å². The lowest BCUT2D eigenvalue weighted by Gasteiger charge is -2.36. The second-order valence-electron chi connectivity index (χ2n) is 6.40. The van der Waals surface area contributed by atoms with Crippen molar-refractivity contribution in [1.82, 2.24) is 4.90 Å². The zero-order valence-electron chi connectivity index (χ0n) is 12.2. The van der Waals surface area contributed by atoms with Gasteiger partial charge in [0.05, 0.1) is 0 Å². The molecule has 3 nitrogen and oxygen atoms in total. The van der Waals surface area contributed by atoms with Gasteiger partial charge in [0.15, 0.2) is 0 Å². The van der Waals surface area contributed by atoms with E-state index in [1.54, 1.807) is 0 Å². The van der Waals surface area contributed by atoms with E-state index in [9.17, 15) is 4.79 Å². The molecule has 1 heterocycles. The van der Waals surface area contributed by atoms with E-state index in [0.29, 0.717) is 18.4 Å². The summed E-state index contributed by atoms with van der Waals surface area (Å²) in [6.45, 7) is 2.92. The van der Waals surface area contributed by atoms with Crippen LogP contribution in [0.25, 0.3) is 0 Å². The molecule has 2 N–H and O–H groups in total. The maximum absolute atomic E-state index is 12.6. The third-order valence-corrected chi connectivity index (χ3v) is 4.98. The van der Waals surface area contributed by atoms with Gasteiger partial charge in [0, 0.05) is 25.0 Å². The summed E-state index contributed by atoms with van der Waals surface area (Å²) >= 11 is 0. The minimum Gasteiger partial charge on any atom is -0.335 e. The molecule has 1 unspecified atom stereocenters. The van der Waals surface area contributed by atoms with Gasteiger partial charge < -0.3 is 10.6 Å². The Morgan fingerprint density at radius 3 is 2.75 bits per heavy atom. The fourth-order valence-corrected chi connectivity index (χ4v) is 3.67. The highest BCUT2D eigenvalue weighted by Gasteiger charge is 2.31. The average Bonchev–Trinajstić information content (AvgIpc) is 2.83. The first-order chi connectivity index (χ1) is 9.65. The third-order valence-electron chi connectivity index (χ3n) is 4.98. The molecule has 108 valence electrons. The Hall–Kier alpha value is -1.35. The van der Waals surface area contributed by atoms with Gasteiger partial charge in [-0.05, 0) is 43.2 Å². The molecule has 0 radical (unpaired) electrons. The zero-order valence-corrected chi connectivity index (χ0v) is 12.2. The molecule has 3 atom stereocenters. The van der Waals surface area contributed by atoms with Gasteiger partial charge in [-0.25, -0.2) is 0 Å². The topological polar surface area (TPSA) is 46.3 Å². The number of hydrogen-bond acceptors (Lipinski definition) is 2. The lowest BCUT2D eigenvalue weighted by Crippen LogP contribution is -2.44. The largest absolute Gasteiger partial charge is 0.335 e. The van der Waals surface area contributed by atoms with Crippen LogP contribution >= 0.6 is 0 Å². The van der Waals surface area contributed by atoms with Gasteiger partial charge >= 0.3 is 0 Å². The Bertz CT molecular complexity index is 500. The van der Waals surface area contributed by atoms with Crippen LogP contribution in [0.3, 0.4) is 0 Å². The average molecular weight is 272 g/mol. The molecule has 3 heteroatoms. The van der Waals surface area contributed by atoms with E-state index in [1.165, 1.54) is 17.5 Å². The van der Waals surface area contributed by atoms with Crippen molar-refractivity contribution < 1.29 is 4.79 Å². The predicted octanol–water partition coefficient (Wildman–Crippen LogP) is 2.48. The lowest BCUT2D eigenvalue weighted by atomic mass is 9.93. The Labute approximate surface area is 121 Å². The highest BCUT2D eigenvalue weighted by molar-refractivity contribution is 5.77. The number of carbonyl (C=O) groups is 1. The molecule has 3 rings (SSSR count). The van der Waals surface area contributed by atoms with E-state index >= 15 is 0 Å². The summed E-state index contributed by atoms with van der Waals surface area (Å²) in [5.74, 6) is 0.682. The van der Waals surface area contributed by atoms with Gasteiger partial charge in [-0.15, -0.1) is 0 Å². The number of hydrogen-bond donors (Lipinski definition) is 1. The second-order valence-corrected chi connectivity index (χ2v) is 6.40. The van der Waals surface area contributed by atoms with Crippen molar-refractivity contribution >= 4 is 5.91 Å². The van der Waals surface area contributed by atoms with E-state index in [4.69, 9.17) is 5.73 Å². The molecule has 0 aromatic heterocycles. The molecule has 1 aliphatic heterocycles. The van der Waals surface area contributed by atoms with Crippen LogP contribution < -0.4 is 5.73 Å². The van der Waals surface area contributed by atoms with E-state index < -0.39 is 0 Å². The smallest absolute Gasteiger partial charge is 0.223 e. The van der Waals surface area contributed by atoms with Crippen LogP contribution in [0.2, 0.25) is 0 Å². The molecular weight excluding hydrogens is 248 g/mol. The van der Waals surface area contributed by atoms with Crippen molar-refractivity contribution in [2.24, 2.45) is 11.7 Å². The van der Waals surface area contributed by atoms with Crippen molar-refractivity contribution in [3.05, 3.63) is 35.4 Å². The molecule has 1 aromatic carbocycles. The molecule has 1 fully saturated rings. The Morgan fingerprint density at radius 2 is 2.05 bits per heavy atom. The summed E-state index contributed by atoms with van der Waals surface area (Å²) in [6.07, 6.45) is 4.98. The van der Waals surface area contributed by atoms with Crippen molar-refractivity contribution in [2.45, 2.75) is 57.7 Å². The molecule has 1 aliphatic carbocycles. The highest BCUT2D eigenvalue weighted by Crippen LogP contribution is 2.29. The Balaban J connectivity index is 1.69. The number of carbonyl (C=O) groups excluding carboxylic acids is 1. The standard InChI is InChI=1S/C17H24N2O/c1-12-9-13-5-2-3-6-15(13)11-19(12)17(20)10-14-7-4-8-16(14)18/h2-3,5-6,12,14,16H,4,7-11,18H2,1H3/t12?,14-,16+/m0/s1. The summed E-state index contributed by atoms with van der Waals surface area (Å²) < 4.78 is 0. The second kappa shape index (κ2) is 5.57. The van der Waals surface area contributed by atoms with E-state index in [2.05, 4.69) is 31.2 Å². The lowest BCUT2D eigenvalue weighted by molar-refractivity contribution is -0.135. The van der Waals surface area contributed by atoms with Crippen LogP contribution in [0, 0.1) is 5.92 Å². The number of amides is 1. The van der Waals surface area contributed by atoms with Gasteiger partial charge in [-0.3, -0.25) is 4.79 Å². The molecule has 0 spiro atoms. The maximum Gasteiger partial charge on any atom is 0.223 e. The summed E-state index contributed by atoms with van der Waals surface area (Å²) in [5.41, 5.74) is 8.79. The molecule has 1 aromatic rings. The van der Waals surface area contributed by atoms with Crippen LogP contribution in [-0.2, 0) is 17.8 Å². The molecule has 0 saturated heterocycles. The summed E-state index contributed by atoms with van der Waals surface area (Å²) in [4.78, 5) is 14.6. The van der Waals surface area contributed by atoms with E-state index in [0.717, 1.165) is 25.8 Å². The zero-order chi connectivity index (χ0) is 14.1. The van der Waals surface area contributed by atoms with Gasteiger partial charge in [-0.2, -0.15) is 0 Å². The first-order valence-corrected chi connectivity index (χ1v) is 7.77. The SMILES string of the molecule is CC1Cc2ccccc2CN1C(=O)C[C@@H]1CCC[C@H]1N. The normalized spacial score (nSPS) is 29.3. The van der Waals surface area contributed by atoms with Crippen LogP contribution in [-0.4, -0.2) is 22.9 Å². The monoisotopic (exact) mass is 272 g/mol. The van der Waals surface area contributed by atoms with Crippen LogP contribution in [0.5, 0.6) is 0 Å². The number of benzene rings is 1. The van der Waals surface area contributed by atoms with Crippen molar-refractivity contribution in [3.8, 4) is 0 Å². The molecule has 20 heavy (non-hydrogen) atoms. The fourth-order valence-electron chi connectivity index (χ4n) is 3.67. The predicted molar refractivity (Wildman–Crippen MR) is 80.1 cm³/mol. The maximum atomic E-state index is 12.6. The number of nitrogens with zero attached hydrogens (tertiary/aromatic N) is 1. The van der Waals surface area contributed by atoms with Gasteiger partial charge in [0.2, 0.25) is 5.91 Å². The van der Waals surface area contributed by atoms with Gasteiger partial charge in [0.1, 0.15) is 0 Å². The molecule has 1 amide bonds. The third kappa shape index (κ3) is 2.59. The number of nitrogens with two attached hydrogens (primary N) is 1. The molecule has 2 aliphatic rings. The molecule has 1 saturated carbocycles. The first-order valence-electron chi connectivity index (χ1n) is 7.77. The fraction of sp³-hybridized carbons (Fsp3) is 0.588. The highest BCUT2D eigenvalue weighted by atomic mass is 16.2. The molecular formula is C17H24N2O. The van der Waals surface area contributed by atoms with Crippen LogP contribution in [0.15, 0.2) is 24.3 Å². The van der Waals surface area contributed by atoms with Gasteiger partial charge in [-0.1, -0.05) is 30.7 Å². The summed E-state index contributed by atoms with van der Waals surface area (Å²) in [7, 11) is 0. The van der Waals surface area contributed by atoms with Crippen LogP contribution in [0.1, 0.15) is 43.7 Å². The van der Waals surface area contributed by atoms with Crippen molar-refractivity contribution in [1.29, 1.82) is 0 Å². The van der Waals surface area contributed by atoms with Gasteiger partial charge in [0.25, 0.3) is 0 Å². The summed E-state index contributed by atoms with van der Waals surface area (Å²) in [5, 5.41) is 0. The van der Waals surface area contributed by atoms with Crippen molar-refractivity contribution in [2.75, 3.05) is 0 Å². The minimum absolute atomic E-state index is 0.228. The van der Waals surface area contributed by atoms with E-state index in [1.807, 2.05) is 4.90 Å². The Morgan fingerprint density at radius 1 is 1.30 bits per heavy atom. The first kappa shape index (κ1) is 13.6. The molecule has 0 bridgehead atoms. The minimum atomic E-state index is 0.228. The number of rotatable bonds is 2. The quantitative estimate of drug-likeness (QED) is 0.899.